The zero-order chi connectivity index (χ0) is 24.9. The first-order valence-corrected chi connectivity index (χ1v) is 11.9. The minimum atomic E-state index is -1.03. The molecule has 8 nitrogen and oxygen atoms in total. The quantitative estimate of drug-likeness (QED) is 0.502. The Labute approximate surface area is 204 Å². The van der Waals surface area contributed by atoms with E-state index < -0.39 is 17.9 Å². The van der Waals surface area contributed by atoms with Gasteiger partial charge in [0.1, 0.15) is 11.5 Å². The maximum Gasteiger partial charge on any atom is 0.287 e. The van der Waals surface area contributed by atoms with Crippen molar-refractivity contribution in [3.8, 4) is 0 Å². The number of amides is 3. The molecular formula is C27H31N3O5. The van der Waals surface area contributed by atoms with Gasteiger partial charge in [-0.1, -0.05) is 18.9 Å². The summed E-state index contributed by atoms with van der Waals surface area (Å²) in [4.78, 5) is 41.1. The molecule has 1 fully saturated rings. The van der Waals surface area contributed by atoms with Gasteiger partial charge >= 0.3 is 0 Å². The number of nitrogens with one attached hydrogen (secondary N) is 2. The molecule has 35 heavy (non-hydrogen) atoms. The Balaban J connectivity index is 1.68. The SMILES string of the molecule is Cc1ccc([C@H](C(=O)NC2CCCC2)N(C(=O)CNC(=O)c2ccco2)c2ccc(C)c(C)c2)o1. The van der Waals surface area contributed by atoms with Crippen LogP contribution in [0.4, 0.5) is 5.69 Å². The third-order valence-corrected chi connectivity index (χ3v) is 6.42. The number of nitrogens with zero attached hydrogens (tertiary/aromatic N) is 1. The molecule has 1 aliphatic carbocycles. The molecule has 1 saturated carbocycles. The van der Waals surface area contributed by atoms with Crippen LogP contribution in [-0.4, -0.2) is 30.3 Å². The van der Waals surface area contributed by atoms with Gasteiger partial charge in [-0.3, -0.25) is 19.3 Å². The van der Waals surface area contributed by atoms with Crippen LogP contribution in [0.1, 0.15) is 64.9 Å². The van der Waals surface area contributed by atoms with E-state index in [1.165, 1.54) is 17.2 Å². The van der Waals surface area contributed by atoms with Gasteiger partial charge in [-0.15, -0.1) is 0 Å². The van der Waals surface area contributed by atoms with Crippen LogP contribution >= 0.6 is 0 Å². The number of carbonyl (C=O) groups excluding carboxylic acids is 3. The molecule has 1 aliphatic rings. The van der Waals surface area contributed by atoms with E-state index >= 15 is 0 Å². The van der Waals surface area contributed by atoms with Crippen molar-refractivity contribution in [2.75, 3.05) is 11.4 Å². The number of aryl methyl sites for hydroxylation is 3. The summed E-state index contributed by atoms with van der Waals surface area (Å²) >= 11 is 0. The Morgan fingerprint density at radius 3 is 2.43 bits per heavy atom. The van der Waals surface area contributed by atoms with E-state index in [1.54, 1.807) is 31.2 Å². The van der Waals surface area contributed by atoms with E-state index in [0.29, 0.717) is 17.2 Å². The number of furan rings is 2. The lowest BCUT2D eigenvalue weighted by atomic mass is 10.1. The molecule has 0 bridgehead atoms. The van der Waals surface area contributed by atoms with E-state index in [4.69, 9.17) is 8.83 Å². The van der Waals surface area contributed by atoms with Crippen LogP contribution in [-0.2, 0) is 9.59 Å². The van der Waals surface area contributed by atoms with Crippen LogP contribution < -0.4 is 15.5 Å². The maximum absolute atomic E-state index is 13.6. The average Bonchev–Trinajstić information content (AvgIpc) is 3.61. The van der Waals surface area contributed by atoms with Crippen molar-refractivity contribution in [2.24, 2.45) is 0 Å². The van der Waals surface area contributed by atoms with Crippen molar-refractivity contribution < 1.29 is 23.2 Å². The van der Waals surface area contributed by atoms with Gasteiger partial charge in [0.2, 0.25) is 5.91 Å². The highest BCUT2D eigenvalue weighted by molar-refractivity contribution is 6.04. The molecular weight excluding hydrogens is 446 g/mol. The molecule has 8 heteroatoms. The van der Waals surface area contributed by atoms with Crippen molar-refractivity contribution >= 4 is 23.4 Å². The molecule has 0 aliphatic heterocycles. The molecule has 2 aromatic heterocycles. The lowest BCUT2D eigenvalue weighted by Crippen LogP contribution is -2.49. The van der Waals surface area contributed by atoms with Crippen molar-refractivity contribution in [2.45, 2.75) is 58.5 Å². The predicted molar refractivity (Wildman–Crippen MR) is 131 cm³/mol. The topological polar surface area (TPSA) is 105 Å². The molecule has 2 N–H and O–H groups in total. The Kier molecular flexibility index (Phi) is 7.39. The van der Waals surface area contributed by atoms with Crippen LogP contribution in [0.5, 0.6) is 0 Å². The van der Waals surface area contributed by atoms with E-state index in [9.17, 15) is 14.4 Å². The van der Waals surface area contributed by atoms with Crippen molar-refractivity contribution in [1.82, 2.24) is 10.6 Å². The first-order valence-electron chi connectivity index (χ1n) is 11.9. The van der Waals surface area contributed by atoms with Gasteiger partial charge in [-0.25, -0.2) is 0 Å². The summed E-state index contributed by atoms with van der Waals surface area (Å²) in [5, 5.41) is 5.71. The van der Waals surface area contributed by atoms with Crippen molar-refractivity contribution in [3.05, 3.63) is 77.1 Å². The first-order chi connectivity index (χ1) is 16.8. The van der Waals surface area contributed by atoms with Crippen LogP contribution in [0, 0.1) is 20.8 Å². The summed E-state index contributed by atoms with van der Waals surface area (Å²) in [7, 11) is 0. The Morgan fingerprint density at radius 1 is 1.03 bits per heavy atom. The fourth-order valence-corrected chi connectivity index (χ4v) is 4.37. The van der Waals surface area contributed by atoms with Crippen LogP contribution in [0.15, 0.2) is 57.6 Å². The van der Waals surface area contributed by atoms with Crippen molar-refractivity contribution in [1.29, 1.82) is 0 Å². The smallest absolute Gasteiger partial charge is 0.287 e. The zero-order valence-electron chi connectivity index (χ0n) is 20.3. The van der Waals surface area contributed by atoms with Gasteiger partial charge in [-0.2, -0.15) is 0 Å². The molecule has 0 radical (unpaired) electrons. The van der Waals surface area contributed by atoms with E-state index in [2.05, 4.69) is 10.6 Å². The summed E-state index contributed by atoms with van der Waals surface area (Å²) in [5.41, 5.74) is 2.59. The second-order valence-corrected chi connectivity index (χ2v) is 9.03. The van der Waals surface area contributed by atoms with E-state index in [0.717, 1.165) is 36.8 Å². The van der Waals surface area contributed by atoms with Gasteiger partial charge < -0.3 is 19.5 Å². The van der Waals surface area contributed by atoms with Gasteiger partial charge in [0, 0.05) is 11.7 Å². The molecule has 1 aromatic carbocycles. The first kappa shape index (κ1) is 24.3. The van der Waals surface area contributed by atoms with Gasteiger partial charge in [0.05, 0.1) is 12.8 Å². The van der Waals surface area contributed by atoms with E-state index in [1.807, 2.05) is 26.0 Å². The minimum absolute atomic E-state index is 0.0661. The standard InChI is InChI=1S/C27H31N3O5/c1-17-10-12-21(15-18(17)2)30(24(31)16-28-26(32)23-9-6-14-34-23)25(22-13-11-19(3)35-22)27(33)29-20-7-4-5-8-20/h6,9-15,20,25H,4-5,7-8,16H2,1-3H3,(H,28,32)(H,29,33)/t25-/m1/s1. The molecule has 0 spiro atoms. The zero-order valence-corrected chi connectivity index (χ0v) is 20.3. The number of hydrogen-bond acceptors (Lipinski definition) is 5. The minimum Gasteiger partial charge on any atom is -0.464 e. The Hall–Kier alpha value is -3.81. The molecule has 1 atom stereocenters. The molecule has 0 unspecified atom stereocenters. The lowest BCUT2D eigenvalue weighted by molar-refractivity contribution is -0.127. The molecule has 4 rings (SSSR count). The fourth-order valence-electron chi connectivity index (χ4n) is 4.37. The third kappa shape index (κ3) is 5.65. The number of anilines is 1. The maximum atomic E-state index is 13.6. The molecule has 0 saturated heterocycles. The highest BCUT2D eigenvalue weighted by atomic mass is 16.3. The highest BCUT2D eigenvalue weighted by Crippen LogP contribution is 2.31. The number of rotatable bonds is 8. The van der Waals surface area contributed by atoms with Crippen LogP contribution in [0.2, 0.25) is 0 Å². The van der Waals surface area contributed by atoms with Gasteiger partial charge in [0.25, 0.3) is 11.8 Å². The normalized spacial score (nSPS) is 14.5. The average molecular weight is 478 g/mol. The molecule has 2 heterocycles. The molecule has 184 valence electrons. The second-order valence-electron chi connectivity index (χ2n) is 9.03. The predicted octanol–water partition coefficient (Wildman–Crippen LogP) is 4.36. The number of hydrogen-bond donors (Lipinski definition) is 2. The number of carbonyl (C=O) groups is 3. The summed E-state index contributed by atoms with van der Waals surface area (Å²) in [5.74, 6) is -0.167. The summed E-state index contributed by atoms with van der Waals surface area (Å²) < 4.78 is 11.0. The molecule has 3 amide bonds. The van der Waals surface area contributed by atoms with Crippen molar-refractivity contribution in [3.63, 3.8) is 0 Å². The highest BCUT2D eigenvalue weighted by Gasteiger charge is 2.36. The third-order valence-electron chi connectivity index (χ3n) is 6.42. The van der Waals surface area contributed by atoms with Gasteiger partial charge in [-0.05, 0) is 81.1 Å². The Bertz CT molecular complexity index is 1190. The van der Waals surface area contributed by atoms with E-state index in [-0.39, 0.29) is 24.3 Å². The summed E-state index contributed by atoms with van der Waals surface area (Å²) in [6, 6.07) is 11.2. The summed E-state index contributed by atoms with van der Waals surface area (Å²) in [6.45, 7) is 5.40. The number of benzene rings is 1. The largest absolute Gasteiger partial charge is 0.464 e. The fraction of sp³-hybridized carbons (Fsp3) is 0.370. The summed E-state index contributed by atoms with van der Waals surface area (Å²) in [6.07, 6.45) is 5.34. The van der Waals surface area contributed by atoms with Crippen LogP contribution in [0.25, 0.3) is 0 Å². The van der Waals surface area contributed by atoms with Crippen LogP contribution in [0.3, 0.4) is 0 Å². The lowest BCUT2D eigenvalue weighted by Gasteiger charge is -2.31. The monoisotopic (exact) mass is 477 g/mol. The van der Waals surface area contributed by atoms with Gasteiger partial charge in [0.15, 0.2) is 11.8 Å². The second kappa shape index (κ2) is 10.6. The molecule has 3 aromatic rings. The Morgan fingerprint density at radius 2 is 1.80 bits per heavy atom.